The van der Waals surface area contributed by atoms with Gasteiger partial charge in [-0.05, 0) is 36.2 Å². The van der Waals surface area contributed by atoms with Gasteiger partial charge in [-0.1, -0.05) is 22.9 Å². The number of hydrogen-bond donors (Lipinski definition) is 1. The Kier molecular flexibility index (Phi) is 4.66. The fourth-order valence-corrected chi connectivity index (χ4v) is 2.47. The number of halogens is 1. The maximum atomic E-state index is 9.81. The van der Waals surface area contributed by atoms with E-state index in [1.807, 2.05) is 37.5 Å². The number of nitrogens with zero attached hydrogens (tertiary/aromatic N) is 1. The van der Waals surface area contributed by atoms with Crippen LogP contribution in [0.3, 0.4) is 0 Å². The Morgan fingerprint density at radius 3 is 2.84 bits per heavy atom. The highest BCUT2D eigenvalue weighted by Crippen LogP contribution is 2.24. The number of rotatable bonds is 5. The smallest absolute Gasteiger partial charge is 0.123 e. The molecule has 0 fully saturated rings. The average molecular weight is 324 g/mol. The van der Waals surface area contributed by atoms with Gasteiger partial charge < -0.3 is 14.4 Å². The second kappa shape index (κ2) is 6.26. The fourth-order valence-electron chi connectivity index (χ4n) is 2.06. The van der Waals surface area contributed by atoms with Crippen molar-refractivity contribution in [2.75, 3.05) is 7.11 Å². The first-order valence-corrected chi connectivity index (χ1v) is 7.09. The second-order valence-electron chi connectivity index (χ2n) is 4.50. The third kappa shape index (κ3) is 3.39. The van der Waals surface area contributed by atoms with E-state index in [1.54, 1.807) is 7.11 Å². The zero-order valence-electron chi connectivity index (χ0n) is 11.1. The third-order valence-electron chi connectivity index (χ3n) is 3.14. The van der Waals surface area contributed by atoms with Gasteiger partial charge in [0.05, 0.1) is 19.8 Å². The Balaban J connectivity index is 2.21. The first-order chi connectivity index (χ1) is 9.13. The van der Waals surface area contributed by atoms with Crippen LogP contribution in [0.25, 0.3) is 0 Å². The third-order valence-corrected chi connectivity index (χ3v) is 3.63. The summed E-state index contributed by atoms with van der Waals surface area (Å²) in [5, 5.41) is 9.81. The number of aliphatic hydroxyl groups excluding tert-OH is 1. The normalized spacial score (nSPS) is 12.4. The van der Waals surface area contributed by atoms with E-state index in [1.165, 1.54) is 0 Å². The van der Waals surface area contributed by atoms with Crippen LogP contribution in [0.15, 0.2) is 41.1 Å². The lowest BCUT2D eigenvalue weighted by molar-refractivity contribution is 0.173. The number of ether oxygens (including phenoxy) is 1. The summed E-state index contributed by atoms with van der Waals surface area (Å²) < 4.78 is 8.45. The van der Waals surface area contributed by atoms with E-state index in [2.05, 4.69) is 26.6 Å². The molecule has 1 heterocycles. The zero-order chi connectivity index (χ0) is 13.8. The molecule has 1 N–H and O–H groups in total. The van der Waals surface area contributed by atoms with Crippen LogP contribution in [0.1, 0.15) is 30.6 Å². The van der Waals surface area contributed by atoms with Crippen LogP contribution in [-0.4, -0.2) is 16.8 Å². The Labute approximate surface area is 122 Å². The van der Waals surface area contributed by atoms with Crippen molar-refractivity contribution in [3.8, 4) is 5.75 Å². The van der Waals surface area contributed by atoms with Gasteiger partial charge in [-0.25, -0.2) is 0 Å². The zero-order valence-corrected chi connectivity index (χ0v) is 12.7. The summed E-state index contributed by atoms with van der Waals surface area (Å²) in [7, 11) is 1.68. The summed E-state index contributed by atoms with van der Waals surface area (Å²) in [6.07, 6.45) is 4.30. The molecule has 0 saturated carbocycles. The maximum Gasteiger partial charge on any atom is 0.123 e. The highest BCUT2D eigenvalue weighted by Gasteiger charge is 2.08. The predicted octanol–water partition coefficient (Wildman–Crippen LogP) is 3.75. The summed E-state index contributed by atoms with van der Waals surface area (Å²) in [6.45, 7) is 2.69. The fraction of sp³-hybridized carbons (Fsp3) is 0.333. The van der Waals surface area contributed by atoms with Gasteiger partial charge in [0.15, 0.2) is 0 Å². The van der Waals surface area contributed by atoms with Crippen LogP contribution in [0.4, 0.5) is 0 Å². The molecule has 1 aromatic heterocycles. The van der Waals surface area contributed by atoms with Gasteiger partial charge in [0.25, 0.3) is 0 Å². The summed E-state index contributed by atoms with van der Waals surface area (Å²) in [6, 6.07) is 7.92. The molecule has 0 aliphatic rings. The standard InChI is InChI=1S/C15H18BrNO2/c1-3-14(18)11-6-7-17(9-11)10-12-8-13(16)4-5-15(12)19-2/h4-9,14,18H,3,10H2,1-2H3. The first kappa shape index (κ1) is 14.2. The van der Waals surface area contributed by atoms with E-state index in [9.17, 15) is 5.11 Å². The van der Waals surface area contributed by atoms with Crippen LogP contribution in [0, 0.1) is 0 Å². The summed E-state index contributed by atoms with van der Waals surface area (Å²) in [5.74, 6) is 0.870. The van der Waals surface area contributed by atoms with Crippen molar-refractivity contribution in [3.63, 3.8) is 0 Å². The van der Waals surface area contributed by atoms with E-state index in [0.717, 1.165) is 34.3 Å². The average Bonchev–Trinajstić information content (AvgIpc) is 2.86. The molecule has 0 saturated heterocycles. The van der Waals surface area contributed by atoms with Crippen molar-refractivity contribution < 1.29 is 9.84 Å². The molecule has 1 aromatic carbocycles. The van der Waals surface area contributed by atoms with Crippen molar-refractivity contribution in [3.05, 3.63) is 52.3 Å². The maximum absolute atomic E-state index is 9.81. The molecular weight excluding hydrogens is 306 g/mol. The van der Waals surface area contributed by atoms with Crippen molar-refractivity contribution >= 4 is 15.9 Å². The van der Waals surface area contributed by atoms with Crippen LogP contribution >= 0.6 is 15.9 Å². The van der Waals surface area contributed by atoms with Gasteiger partial charge in [0.2, 0.25) is 0 Å². The molecule has 1 atom stereocenters. The van der Waals surface area contributed by atoms with Crippen molar-refractivity contribution in [1.29, 1.82) is 0 Å². The van der Waals surface area contributed by atoms with Crippen LogP contribution < -0.4 is 4.74 Å². The molecule has 0 spiro atoms. The van der Waals surface area contributed by atoms with E-state index in [0.29, 0.717) is 0 Å². The number of aromatic nitrogens is 1. The summed E-state index contributed by atoms with van der Waals surface area (Å²) in [5.41, 5.74) is 2.06. The molecule has 0 amide bonds. The van der Waals surface area contributed by atoms with Crippen LogP contribution in [-0.2, 0) is 6.54 Å². The second-order valence-corrected chi connectivity index (χ2v) is 5.41. The predicted molar refractivity (Wildman–Crippen MR) is 79.5 cm³/mol. The lowest BCUT2D eigenvalue weighted by atomic mass is 10.1. The topological polar surface area (TPSA) is 34.4 Å². The lowest BCUT2D eigenvalue weighted by Gasteiger charge is -2.10. The number of aliphatic hydroxyl groups is 1. The molecular formula is C15H18BrNO2. The van der Waals surface area contributed by atoms with E-state index >= 15 is 0 Å². The van der Waals surface area contributed by atoms with Gasteiger partial charge >= 0.3 is 0 Å². The van der Waals surface area contributed by atoms with Crippen LogP contribution in [0.2, 0.25) is 0 Å². The molecule has 0 radical (unpaired) electrons. The van der Waals surface area contributed by atoms with Crippen molar-refractivity contribution in [1.82, 2.24) is 4.57 Å². The van der Waals surface area contributed by atoms with Gasteiger partial charge in [0.1, 0.15) is 5.75 Å². The Morgan fingerprint density at radius 1 is 1.37 bits per heavy atom. The van der Waals surface area contributed by atoms with E-state index < -0.39 is 0 Å². The summed E-state index contributed by atoms with van der Waals surface area (Å²) in [4.78, 5) is 0. The molecule has 1 unspecified atom stereocenters. The summed E-state index contributed by atoms with van der Waals surface area (Å²) >= 11 is 3.47. The van der Waals surface area contributed by atoms with E-state index in [4.69, 9.17) is 4.74 Å². The minimum Gasteiger partial charge on any atom is -0.496 e. The van der Waals surface area contributed by atoms with Crippen LogP contribution in [0.5, 0.6) is 5.75 Å². The minimum atomic E-state index is -0.384. The first-order valence-electron chi connectivity index (χ1n) is 6.30. The van der Waals surface area contributed by atoms with Gasteiger partial charge in [-0.3, -0.25) is 0 Å². The number of benzene rings is 1. The highest BCUT2D eigenvalue weighted by atomic mass is 79.9. The molecule has 19 heavy (non-hydrogen) atoms. The SMILES string of the molecule is CCC(O)c1ccn(Cc2cc(Br)ccc2OC)c1. The molecule has 102 valence electrons. The molecule has 0 aliphatic heterocycles. The molecule has 4 heteroatoms. The molecule has 2 aromatic rings. The van der Waals surface area contributed by atoms with Crippen molar-refractivity contribution in [2.45, 2.75) is 26.0 Å². The van der Waals surface area contributed by atoms with Gasteiger partial charge in [-0.2, -0.15) is 0 Å². The van der Waals surface area contributed by atoms with Gasteiger partial charge in [-0.15, -0.1) is 0 Å². The Morgan fingerprint density at radius 2 is 2.16 bits per heavy atom. The largest absolute Gasteiger partial charge is 0.496 e. The highest BCUT2D eigenvalue weighted by molar-refractivity contribution is 9.10. The Bertz CT molecular complexity index is 551. The number of hydrogen-bond acceptors (Lipinski definition) is 2. The number of methoxy groups -OCH3 is 1. The monoisotopic (exact) mass is 323 g/mol. The molecule has 0 aliphatic carbocycles. The lowest BCUT2D eigenvalue weighted by Crippen LogP contribution is -2.00. The Hall–Kier alpha value is -1.26. The van der Waals surface area contributed by atoms with Crippen molar-refractivity contribution in [2.24, 2.45) is 0 Å². The molecule has 2 rings (SSSR count). The molecule has 3 nitrogen and oxygen atoms in total. The van der Waals surface area contributed by atoms with Gasteiger partial charge in [0, 0.05) is 22.4 Å². The van der Waals surface area contributed by atoms with E-state index in [-0.39, 0.29) is 6.10 Å². The minimum absolute atomic E-state index is 0.384. The quantitative estimate of drug-likeness (QED) is 0.909. The molecule has 0 bridgehead atoms.